The number of carbonyl (C=O) groups excluding carboxylic acids is 1. The van der Waals surface area contributed by atoms with Gasteiger partial charge in [-0.25, -0.2) is 0 Å². The van der Waals surface area contributed by atoms with Gasteiger partial charge in [0.05, 0.1) is 6.04 Å². The molecule has 1 atom stereocenters. The first-order valence-electron chi connectivity index (χ1n) is 2.95. The first kappa shape index (κ1) is 8.99. The summed E-state index contributed by atoms with van der Waals surface area (Å²) in [5, 5.41) is 2.53. The van der Waals surface area contributed by atoms with E-state index in [1.807, 2.05) is 0 Å². The molecule has 0 radical (unpaired) electrons. The molecule has 0 aromatic heterocycles. The molecule has 0 fully saturated rings. The average molecular weight is 141 g/mol. The van der Waals surface area contributed by atoms with Crippen LogP contribution in [0.15, 0.2) is 0 Å². The number of ether oxygens (including phenoxy) is 1. The number of methoxy groups -OCH3 is 1. The summed E-state index contributed by atoms with van der Waals surface area (Å²) in [6, 6.07) is -0.220. The Balaban J connectivity index is 3.49. The summed E-state index contributed by atoms with van der Waals surface area (Å²) in [6.45, 7) is 1.79. The number of hydrogen-bond donors (Lipinski definition) is 1. The van der Waals surface area contributed by atoms with E-state index in [4.69, 9.17) is 6.42 Å². The van der Waals surface area contributed by atoms with Crippen molar-refractivity contribution >= 4 is 5.91 Å². The zero-order chi connectivity index (χ0) is 7.98. The van der Waals surface area contributed by atoms with Crippen molar-refractivity contribution in [2.24, 2.45) is 0 Å². The van der Waals surface area contributed by atoms with Gasteiger partial charge in [0, 0.05) is 7.11 Å². The summed E-state index contributed by atoms with van der Waals surface area (Å²) in [5.41, 5.74) is 0. The van der Waals surface area contributed by atoms with Gasteiger partial charge in [-0.05, 0) is 6.92 Å². The molecule has 0 aliphatic carbocycles. The molecule has 0 aliphatic rings. The molecule has 0 saturated heterocycles. The molecule has 0 spiro atoms. The van der Waals surface area contributed by atoms with E-state index in [-0.39, 0.29) is 18.6 Å². The molecular formula is C7H11NO2. The number of nitrogens with one attached hydrogen (secondary N) is 1. The van der Waals surface area contributed by atoms with Crippen molar-refractivity contribution in [3.63, 3.8) is 0 Å². The molecule has 0 aromatic rings. The van der Waals surface area contributed by atoms with Crippen molar-refractivity contribution in [1.29, 1.82) is 0 Å². The van der Waals surface area contributed by atoms with E-state index in [9.17, 15) is 4.79 Å². The SMILES string of the molecule is C#CC(C)NC(=O)COC. The summed E-state index contributed by atoms with van der Waals surface area (Å²) >= 11 is 0. The molecule has 0 heterocycles. The van der Waals surface area contributed by atoms with Crippen LogP contribution < -0.4 is 5.32 Å². The van der Waals surface area contributed by atoms with E-state index >= 15 is 0 Å². The Bertz CT molecular complexity index is 148. The summed E-state index contributed by atoms with van der Waals surface area (Å²) in [4.78, 5) is 10.7. The molecule has 56 valence electrons. The van der Waals surface area contributed by atoms with Gasteiger partial charge in [-0.2, -0.15) is 0 Å². The first-order valence-corrected chi connectivity index (χ1v) is 2.95. The second-order valence-electron chi connectivity index (χ2n) is 1.89. The van der Waals surface area contributed by atoms with Crippen LogP contribution in [0.3, 0.4) is 0 Å². The zero-order valence-electron chi connectivity index (χ0n) is 6.18. The lowest BCUT2D eigenvalue weighted by Crippen LogP contribution is -2.33. The van der Waals surface area contributed by atoms with Crippen LogP contribution in [0.2, 0.25) is 0 Å². The number of hydrogen-bond acceptors (Lipinski definition) is 2. The van der Waals surface area contributed by atoms with Crippen LogP contribution in [0, 0.1) is 12.3 Å². The minimum absolute atomic E-state index is 0.0615. The van der Waals surface area contributed by atoms with E-state index in [0.717, 1.165) is 0 Å². The van der Waals surface area contributed by atoms with Gasteiger partial charge in [-0.15, -0.1) is 6.42 Å². The quantitative estimate of drug-likeness (QED) is 0.551. The lowest BCUT2D eigenvalue weighted by molar-refractivity contribution is -0.125. The second-order valence-corrected chi connectivity index (χ2v) is 1.89. The highest BCUT2D eigenvalue weighted by Gasteiger charge is 2.01. The molecule has 0 aliphatic heterocycles. The van der Waals surface area contributed by atoms with Gasteiger partial charge >= 0.3 is 0 Å². The van der Waals surface area contributed by atoms with Gasteiger partial charge in [0.1, 0.15) is 6.61 Å². The van der Waals surface area contributed by atoms with Crippen LogP contribution >= 0.6 is 0 Å². The minimum atomic E-state index is -0.220. The second kappa shape index (κ2) is 4.83. The topological polar surface area (TPSA) is 38.3 Å². The molecule has 0 rings (SSSR count). The lowest BCUT2D eigenvalue weighted by atomic mass is 10.3. The van der Waals surface area contributed by atoms with E-state index in [2.05, 4.69) is 16.0 Å². The Morgan fingerprint density at radius 1 is 1.90 bits per heavy atom. The summed E-state index contributed by atoms with van der Waals surface area (Å²) in [7, 11) is 1.46. The lowest BCUT2D eigenvalue weighted by Gasteiger charge is -2.05. The Morgan fingerprint density at radius 2 is 2.50 bits per heavy atom. The molecule has 0 aromatic carbocycles. The number of amides is 1. The molecule has 0 bridgehead atoms. The van der Waals surface area contributed by atoms with E-state index in [1.165, 1.54) is 7.11 Å². The normalized spacial score (nSPS) is 11.7. The van der Waals surface area contributed by atoms with Crippen LogP contribution in [0.1, 0.15) is 6.92 Å². The van der Waals surface area contributed by atoms with Crippen molar-refractivity contribution in [3.05, 3.63) is 0 Å². The Labute approximate surface area is 60.8 Å². The molecule has 3 heteroatoms. The van der Waals surface area contributed by atoms with Crippen LogP contribution in [-0.2, 0) is 9.53 Å². The predicted molar refractivity (Wildman–Crippen MR) is 38.3 cm³/mol. The van der Waals surface area contributed by atoms with E-state index < -0.39 is 0 Å². The monoisotopic (exact) mass is 141 g/mol. The summed E-state index contributed by atoms with van der Waals surface area (Å²) in [5.74, 6) is 2.18. The van der Waals surface area contributed by atoms with Crippen LogP contribution in [0.5, 0.6) is 0 Å². The first-order chi connectivity index (χ1) is 4.70. The smallest absolute Gasteiger partial charge is 0.246 e. The molecule has 1 amide bonds. The van der Waals surface area contributed by atoms with Gasteiger partial charge in [0.25, 0.3) is 0 Å². The van der Waals surface area contributed by atoms with Gasteiger partial charge in [0.2, 0.25) is 5.91 Å². The van der Waals surface area contributed by atoms with Crippen LogP contribution in [0.4, 0.5) is 0 Å². The van der Waals surface area contributed by atoms with Gasteiger partial charge in [0.15, 0.2) is 0 Å². The predicted octanol–water partition coefficient (Wildman–Crippen LogP) is -0.229. The van der Waals surface area contributed by atoms with Gasteiger partial charge in [-0.1, -0.05) is 5.92 Å². The zero-order valence-corrected chi connectivity index (χ0v) is 6.18. The van der Waals surface area contributed by atoms with Crippen molar-refractivity contribution in [2.45, 2.75) is 13.0 Å². The maximum atomic E-state index is 10.7. The third-order valence-corrected chi connectivity index (χ3v) is 0.903. The average Bonchev–Trinajstić information content (AvgIpc) is 1.88. The highest BCUT2D eigenvalue weighted by atomic mass is 16.5. The maximum absolute atomic E-state index is 10.7. The molecule has 3 nitrogen and oxygen atoms in total. The fourth-order valence-corrected chi connectivity index (χ4v) is 0.456. The van der Waals surface area contributed by atoms with E-state index in [0.29, 0.717) is 0 Å². The third-order valence-electron chi connectivity index (χ3n) is 0.903. The highest BCUT2D eigenvalue weighted by molar-refractivity contribution is 5.77. The van der Waals surface area contributed by atoms with Crippen LogP contribution in [-0.4, -0.2) is 25.7 Å². The summed E-state index contributed by atoms with van der Waals surface area (Å²) in [6.07, 6.45) is 5.01. The van der Waals surface area contributed by atoms with Crippen molar-refractivity contribution in [2.75, 3.05) is 13.7 Å². The molecule has 1 N–H and O–H groups in total. The Kier molecular flexibility index (Phi) is 4.34. The maximum Gasteiger partial charge on any atom is 0.246 e. The van der Waals surface area contributed by atoms with E-state index in [1.54, 1.807) is 6.92 Å². The van der Waals surface area contributed by atoms with Gasteiger partial charge in [-0.3, -0.25) is 4.79 Å². The van der Waals surface area contributed by atoms with Crippen molar-refractivity contribution in [1.82, 2.24) is 5.32 Å². The fraction of sp³-hybridized carbons (Fsp3) is 0.571. The van der Waals surface area contributed by atoms with Gasteiger partial charge < -0.3 is 10.1 Å². The number of terminal acetylenes is 1. The number of carbonyl (C=O) groups is 1. The molecule has 1 unspecified atom stereocenters. The summed E-state index contributed by atoms with van der Waals surface area (Å²) < 4.78 is 4.57. The fourth-order valence-electron chi connectivity index (χ4n) is 0.456. The molecule has 0 saturated carbocycles. The Hall–Kier alpha value is -1.01. The highest BCUT2D eigenvalue weighted by Crippen LogP contribution is 1.76. The number of rotatable bonds is 3. The largest absolute Gasteiger partial charge is 0.375 e. The van der Waals surface area contributed by atoms with Crippen molar-refractivity contribution in [3.8, 4) is 12.3 Å². The third kappa shape index (κ3) is 3.93. The molecule has 10 heavy (non-hydrogen) atoms. The Morgan fingerprint density at radius 3 is 2.90 bits per heavy atom. The molecular weight excluding hydrogens is 130 g/mol. The van der Waals surface area contributed by atoms with Crippen molar-refractivity contribution < 1.29 is 9.53 Å². The standard InChI is InChI=1S/C7H11NO2/c1-4-6(2)8-7(9)5-10-3/h1,6H,5H2,2-3H3,(H,8,9). The van der Waals surface area contributed by atoms with Crippen LogP contribution in [0.25, 0.3) is 0 Å². The minimum Gasteiger partial charge on any atom is -0.375 e.